The van der Waals surface area contributed by atoms with Crippen molar-refractivity contribution in [3.8, 4) is 11.1 Å². The van der Waals surface area contributed by atoms with Crippen molar-refractivity contribution in [2.24, 2.45) is 0 Å². The molecule has 3 rings (SSSR count). The summed E-state index contributed by atoms with van der Waals surface area (Å²) in [7, 11) is -3.51. The number of benzene rings is 2. The third kappa shape index (κ3) is 2.79. The minimum atomic E-state index is -3.51. The van der Waals surface area contributed by atoms with Crippen molar-refractivity contribution in [2.75, 3.05) is 6.61 Å². The molecule has 0 saturated carbocycles. The lowest BCUT2D eigenvalue weighted by Gasteiger charge is -2.16. The van der Waals surface area contributed by atoms with Crippen LogP contribution in [-0.4, -0.2) is 15.0 Å². The highest BCUT2D eigenvalue weighted by atomic mass is 32.2. The first-order chi connectivity index (χ1) is 10.6. The summed E-state index contributed by atoms with van der Waals surface area (Å²) < 4.78 is 31.0. The number of sulfone groups is 1. The summed E-state index contributed by atoms with van der Waals surface area (Å²) >= 11 is 0. The minimum absolute atomic E-state index is 0.343. The van der Waals surface area contributed by atoms with Crippen LogP contribution < -0.4 is 0 Å². The van der Waals surface area contributed by atoms with Gasteiger partial charge in [-0.05, 0) is 31.4 Å². The first-order valence-corrected chi connectivity index (χ1v) is 8.79. The lowest BCUT2D eigenvalue weighted by molar-refractivity contribution is 0.228. The normalized spacial score (nSPS) is 15.0. The molecule has 0 N–H and O–H groups in total. The third-order valence-electron chi connectivity index (χ3n) is 3.78. The number of ether oxygens (including phenoxy) is 1. The van der Waals surface area contributed by atoms with Crippen LogP contribution >= 0.6 is 0 Å². The summed E-state index contributed by atoms with van der Waals surface area (Å²) in [5.41, 5.74) is 2.78. The fourth-order valence-electron chi connectivity index (χ4n) is 2.55. The molecule has 0 aromatic heterocycles. The van der Waals surface area contributed by atoms with E-state index >= 15 is 0 Å². The highest BCUT2D eigenvalue weighted by Crippen LogP contribution is 2.33. The maximum absolute atomic E-state index is 12.9. The smallest absolute Gasteiger partial charge is 0.206 e. The average Bonchev–Trinajstić information content (AvgIpc) is 2.56. The van der Waals surface area contributed by atoms with Gasteiger partial charge in [-0.15, -0.1) is 0 Å². The van der Waals surface area contributed by atoms with Crippen LogP contribution in [0.25, 0.3) is 11.1 Å². The summed E-state index contributed by atoms with van der Waals surface area (Å²) in [4.78, 5) is 0.703. The molecule has 0 unspecified atom stereocenters. The van der Waals surface area contributed by atoms with Gasteiger partial charge in [-0.3, -0.25) is 0 Å². The van der Waals surface area contributed by atoms with E-state index in [1.807, 2.05) is 43.3 Å². The van der Waals surface area contributed by atoms with Gasteiger partial charge in [0.25, 0.3) is 0 Å². The van der Waals surface area contributed by atoms with Gasteiger partial charge in [0, 0.05) is 5.56 Å². The van der Waals surface area contributed by atoms with Crippen molar-refractivity contribution in [2.45, 2.75) is 24.7 Å². The third-order valence-corrected chi connectivity index (χ3v) is 5.71. The van der Waals surface area contributed by atoms with Gasteiger partial charge in [-0.25, -0.2) is 8.42 Å². The van der Waals surface area contributed by atoms with Gasteiger partial charge in [0.1, 0.15) is 0 Å². The molecule has 0 bridgehead atoms. The topological polar surface area (TPSA) is 43.4 Å². The van der Waals surface area contributed by atoms with Crippen molar-refractivity contribution in [1.82, 2.24) is 0 Å². The second-order valence-corrected chi connectivity index (χ2v) is 7.40. The highest BCUT2D eigenvalue weighted by molar-refractivity contribution is 7.95. The Morgan fingerprint density at radius 2 is 1.73 bits per heavy atom. The second-order valence-electron chi connectivity index (χ2n) is 5.42. The molecule has 1 aliphatic rings. The predicted octanol–water partition coefficient (Wildman–Crippen LogP) is 4.09. The van der Waals surface area contributed by atoms with E-state index in [0.717, 1.165) is 23.1 Å². The Hall–Kier alpha value is -2.07. The molecule has 114 valence electrons. The zero-order chi connectivity index (χ0) is 15.6. The summed E-state index contributed by atoms with van der Waals surface area (Å²) in [6.45, 7) is 2.59. The van der Waals surface area contributed by atoms with Crippen molar-refractivity contribution >= 4 is 9.84 Å². The van der Waals surface area contributed by atoms with E-state index in [9.17, 15) is 8.42 Å². The molecule has 0 fully saturated rings. The Morgan fingerprint density at radius 1 is 1.00 bits per heavy atom. The van der Waals surface area contributed by atoms with Crippen LogP contribution in [0.1, 0.15) is 18.4 Å². The fraction of sp³-hybridized carbons (Fsp3) is 0.222. The monoisotopic (exact) mass is 314 g/mol. The Balaban J connectivity index is 2.12. The molecule has 0 saturated heterocycles. The first kappa shape index (κ1) is 14.9. The van der Waals surface area contributed by atoms with Gasteiger partial charge in [0.15, 0.2) is 0 Å². The molecule has 1 aliphatic heterocycles. The molecule has 0 amide bonds. The molecule has 0 spiro atoms. The first-order valence-electron chi connectivity index (χ1n) is 7.31. The molecule has 0 aliphatic carbocycles. The molecule has 1 heterocycles. The number of allylic oxidation sites excluding steroid dienone is 1. The predicted molar refractivity (Wildman–Crippen MR) is 87.1 cm³/mol. The average molecular weight is 314 g/mol. The van der Waals surface area contributed by atoms with Gasteiger partial charge in [0.2, 0.25) is 9.84 Å². The lowest BCUT2D eigenvalue weighted by atomic mass is 10.0. The molecule has 4 heteroatoms. The summed E-state index contributed by atoms with van der Waals surface area (Å²) in [6.07, 6.45) is 2.66. The molecule has 22 heavy (non-hydrogen) atoms. The summed E-state index contributed by atoms with van der Waals surface area (Å²) in [5, 5.41) is 0. The molecule has 2 aromatic rings. The Morgan fingerprint density at radius 3 is 2.41 bits per heavy atom. The van der Waals surface area contributed by atoms with E-state index in [1.54, 1.807) is 12.1 Å². The van der Waals surface area contributed by atoms with E-state index in [1.165, 1.54) is 6.26 Å². The minimum Gasteiger partial charge on any atom is -0.500 e. The zero-order valence-corrected chi connectivity index (χ0v) is 13.3. The van der Waals surface area contributed by atoms with E-state index in [4.69, 9.17) is 4.74 Å². The Labute approximate surface area is 131 Å². The zero-order valence-electron chi connectivity index (χ0n) is 12.5. The second kappa shape index (κ2) is 5.97. The van der Waals surface area contributed by atoms with E-state index in [-0.39, 0.29) is 0 Å². The fourth-order valence-corrected chi connectivity index (χ4v) is 4.18. The van der Waals surface area contributed by atoms with E-state index < -0.39 is 9.84 Å². The number of aryl methyl sites for hydroxylation is 1. The van der Waals surface area contributed by atoms with Gasteiger partial charge in [-0.2, -0.15) is 0 Å². The van der Waals surface area contributed by atoms with Gasteiger partial charge >= 0.3 is 0 Å². The van der Waals surface area contributed by atoms with Crippen molar-refractivity contribution in [1.29, 1.82) is 0 Å². The quantitative estimate of drug-likeness (QED) is 0.857. The van der Waals surface area contributed by atoms with E-state index in [0.29, 0.717) is 22.8 Å². The van der Waals surface area contributed by atoms with Crippen molar-refractivity contribution in [3.63, 3.8) is 0 Å². The summed E-state index contributed by atoms with van der Waals surface area (Å²) in [5.74, 6) is 0. The lowest BCUT2D eigenvalue weighted by Crippen LogP contribution is -2.11. The largest absolute Gasteiger partial charge is 0.500 e. The van der Waals surface area contributed by atoms with Crippen molar-refractivity contribution in [3.05, 3.63) is 65.3 Å². The van der Waals surface area contributed by atoms with Crippen LogP contribution in [0.4, 0.5) is 0 Å². The van der Waals surface area contributed by atoms with Crippen LogP contribution in [0.2, 0.25) is 0 Å². The van der Waals surface area contributed by atoms with Crippen LogP contribution in [-0.2, 0) is 14.6 Å². The Bertz CT molecular complexity index is 802. The van der Waals surface area contributed by atoms with Crippen LogP contribution in [0.3, 0.4) is 0 Å². The molecule has 0 radical (unpaired) electrons. The van der Waals surface area contributed by atoms with Gasteiger partial charge in [0.05, 0.1) is 22.7 Å². The maximum atomic E-state index is 12.9. The molecule has 2 aromatic carbocycles. The van der Waals surface area contributed by atoms with E-state index in [2.05, 4.69) is 0 Å². The molecule has 0 atom stereocenters. The molecule has 3 nitrogen and oxygen atoms in total. The highest BCUT2D eigenvalue weighted by Gasteiger charge is 2.25. The van der Waals surface area contributed by atoms with Crippen LogP contribution in [0, 0.1) is 6.92 Å². The van der Waals surface area contributed by atoms with Crippen molar-refractivity contribution < 1.29 is 13.2 Å². The van der Waals surface area contributed by atoms with Crippen LogP contribution in [0.5, 0.6) is 0 Å². The number of rotatable bonds is 3. The number of hydrogen-bond acceptors (Lipinski definition) is 3. The summed E-state index contributed by atoms with van der Waals surface area (Å²) in [6, 6.07) is 15.0. The molecular weight excluding hydrogens is 296 g/mol. The maximum Gasteiger partial charge on any atom is 0.206 e. The van der Waals surface area contributed by atoms with Gasteiger partial charge in [-0.1, -0.05) is 48.0 Å². The van der Waals surface area contributed by atoms with Crippen LogP contribution in [0.15, 0.2) is 64.6 Å². The standard InChI is InChI=1S/C18H18O3S/c1-14-8-10-15(11-9-14)17-6-2-3-7-18(17)22(19,20)16-5-4-12-21-13-16/h2-3,6-11,13H,4-5,12H2,1H3. The van der Waals surface area contributed by atoms with Gasteiger partial charge < -0.3 is 4.74 Å². The SMILES string of the molecule is Cc1ccc(-c2ccccc2S(=O)(=O)C2=COCCC2)cc1. The molecular formula is C18H18O3S. The number of hydrogen-bond donors (Lipinski definition) is 0. The Kier molecular flexibility index (Phi) is 4.03.